The molecule has 1 aliphatic rings. The van der Waals surface area contributed by atoms with Crippen LogP contribution in [0.4, 0.5) is 0 Å². The van der Waals surface area contributed by atoms with Crippen molar-refractivity contribution in [2.75, 3.05) is 0 Å². The van der Waals surface area contributed by atoms with Crippen molar-refractivity contribution in [3.8, 4) is 0 Å². The summed E-state index contributed by atoms with van der Waals surface area (Å²) in [6.07, 6.45) is 3.66. The molecule has 0 aromatic heterocycles. The highest BCUT2D eigenvalue weighted by atomic mass is 31.2. The molecule has 1 rings (SSSR count). The molecule has 0 saturated heterocycles. The van der Waals surface area contributed by atoms with Crippen molar-refractivity contribution in [1.29, 1.82) is 0 Å². The highest BCUT2D eigenvalue weighted by Gasteiger charge is 2.35. The Morgan fingerprint density at radius 3 is 2.09 bits per heavy atom. The molecule has 6 heteroatoms. The van der Waals surface area contributed by atoms with Crippen molar-refractivity contribution in [3.63, 3.8) is 0 Å². The Labute approximate surface area is 133 Å². The fraction of sp³-hybridized carbons (Fsp3) is 0.688. The van der Waals surface area contributed by atoms with E-state index in [-0.39, 0.29) is 29.2 Å². The van der Waals surface area contributed by atoms with Gasteiger partial charge in [0, 0.05) is 0 Å². The van der Waals surface area contributed by atoms with E-state index in [4.69, 9.17) is 13.6 Å². The maximum atomic E-state index is 12.8. The average Bonchev–Trinajstić information content (AvgIpc) is 2.28. The van der Waals surface area contributed by atoms with Gasteiger partial charge in [0.1, 0.15) is 5.76 Å². The normalized spacial score (nSPS) is 18.2. The van der Waals surface area contributed by atoms with Gasteiger partial charge < -0.3 is 4.52 Å². The molecule has 0 aromatic carbocycles. The number of Topliss-reactive ketones (excluding diaryl/α,β-unsaturated/α-hetero) is 1. The SMILES string of the molecule is CC(=O)C1=CC(C)(C)CC=C1OP(=O)(OC(C)C)OC(C)C. The molecular formula is C16H27O5P. The number of allylic oxidation sites excluding steroid dienone is 3. The van der Waals surface area contributed by atoms with Crippen LogP contribution >= 0.6 is 7.82 Å². The van der Waals surface area contributed by atoms with Crippen molar-refractivity contribution >= 4 is 13.6 Å². The van der Waals surface area contributed by atoms with E-state index in [0.717, 1.165) is 0 Å². The van der Waals surface area contributed by atoms with Crippen LogP contribution in [0.25, 0.3) is 0 Å². The predicted octanol–water partition coefficient (Wildman–Crippen LogP) is 4.79. The smallest absolute Gasteiger partial charge is 0.404 e. The van der Waals surface area contributed by atoms with E-state index < -0.39 is 7.82 Å². The average molecular weight is 330 g/mol. The third-order valence-corrected chi connectivity index (χ3v) is 4.66. The zero-order chi connectivity index (χ0) is 17.1. The summed E-state index contributed by atoms with van der Waals surface area (Å²) in [5.41, 5.74) is 0.270. The molecule has 0 spiro atoms. The number of phosphoric acid groups is 1. The second kappa shape index (κ2) is 7.12. The van der Waals surface area contributed by atoms with Gasteiger partial charge in [0.2, 0.25) is 0 Å². The molecule has 0 N–H and O–H groups in total. The number of carbonyl (C=O) groups excluding carboxylic acids is 1. The highest BCUT2D eigenvalue weighted by molar-refractivity contribution is 7.48. The fourth-order valence-corrected chi connectivity index (χ4v) is 3.64. The molecule has 0 saturated carbocycles. The van der Waals surface area contributed by atoms with E-state index >= 15 is 0 Å². The van der Waals surface area contributed by atoms with E-state index in [1.807, 2.05) is 19.9 Å². The Balaban J connectivity index is 3.07. The molecule has 22 heavy (non-hydrogen) atoms. The van der Waals surface area contributed by atoms with Crippen LogP contribution in [-0.4, -0.2) is 18.0 Å². The maximum Gasteiger partial charge on any atom is 0.530 e. The van der Waals surface area contributed by atoms with Gasteiger partial charge in [-0.2, -0.15) is 0 Å². The van der Waals surface area contributed by atoms with Gasteiger partial charge in [0.05, 0.1) is 17.8 Å². The first kappa shape index (κ1) is 19.1. The number of ketones is 1. The summed E-state index contributed by atoms with van der Waals surface area (Å²) in [5.74, 6) is 0.135. The van der Waals surface area contributed by atoms with Crippen molar-refractivity contribution in [3.05, 3.63) is 23.5 Å². The second-order valence-corrected chi connectivity index (χ2v) is 8.22. The van der Waals surface area contributed by atoms with E-state index in [9.17, 15) is 9.36 Å². The molecule has 5 nitrogen and oxygen atoms in total. The highest BCUT2D eigenvalue weighted by Crippen LogP contribution is 2.55. The van der Waals surface area contributed by atoms with Gasteiger partial charge in [-0.05, 0) is 52.5 Å². The molecule has 0 amide bonds. The molecule has 1 aliphatic carbocycles. The molecule has 0 bridgehead atoms. The van der Waals surface area contributed by atoms with Crippen LogP contribution in [0.2, 0.25) is 0 Å². The van der Waals surface area contributed by atoms with Crippen LogP contribution < -0.4 is 0 Å². The van der Waals surface area contributed by atoms with Gasteiger partial charge in [-0.25, -0.2) is 4.57 Å². The summed E-state index contributed by atoms with van der Waals surface area (Å²) in [7, 11) is -3.78. The Morgan fingerprint density at radius 2 is 1.68 bits per heavy atom. The first-order valence-electron chi connectivity index (χ1n) is 7.55. The van der Waals surface area contributed by atoms with Crippen molar-refractivity contribution in [2.45, 2.75) is 67.1 Å². The van der Waals surface area contributed by atoms with Crippen molar-refractivity contribution in [2.24, 2.45) is 5.41 Å². The molecular weight excluding hydrogens is 303 g/mol. The van der Waals surface area contributed by atoms with Gasteiger partial charge in [-0.3, -0.25) is 13.8 Å². The standard InChI is InChI=1S/C16H27O5P/c1-11(2)19-22(18,20-12(3)4)21-15-8-9-16(6,7)10-14(15)13(5)17/h8,10-12H,9H2,1-7H3. The number of carbonyl (C=O) groups is 1. The van der Waals surface area contributed by atoms with Crippen LogP contribution in [0.5, 0.6) is 0 Å². The maximum absolute atomic E-state index is 12.8. The quantitative estimate of drug-likeness (QED) is 0.628. The summed E-state index contributed by atoms with van der Waals surface area (Å²) < 4.78 is 29.1. The summed E-state index contributed by atoms with van der Waals surface area (Å²) in [4.78, 5) is 11.9. The van der Waals surface area contributed by atoms with Gasteiger partial charge in [-0.1, -0.05) is 19.9 Å². The minimum Gasteiger partial charge on any atom is -0.404 e. The van der Waals surface area contributed by atoms with Crippen LogP contribution in [0.1, 0.15) is 54.9 Å². The van der Waals surface area contributed by atoms with E-state index in [1.54, 1.807) is 33.8 Å². The number of phosphoric ester groups is 1. The Kier molecular flexibility index (Phi) is 6.19. The molecule has 0 fully saturated rings. The fourth-order valence-electron chi connectivity index (χ4n) is 2.05. The zero-order valence-electron chi connectivity index (χ0n) is 14.5. The van der Waals surface area contributed by atoms with Crippen molar-refractivity contribution < 1.29 is 22.9 Å². The lowest BCUT2D eigenvalue weighted by Crippen LogP contribution is -2.18. The molecule has 0 heterocycles. The topological polar surface area (TPSA) is 61.8 Å². The van der Waals surface area contributed by atoms with Gasteiger partial charge in [0.15, 0.2) is 5.78 Å². The zero-order valence-corrected chi connectivity index (χ0v) is 15.4. The van der Waals surface area contributed by atoms with Crippen molar-refractivity contribution in [1.82, 2.24) is 0 Å². The lowest BCUT2D eigenvalue weighted by atomic mass is 9.82. The van der Waals surface area contributed by atoms with Crippen LogP contribution in [0.3, 0.4) is 0 Å². The van der Waals surface area contributed by atoms with Gasteiger partial charge >= 0.3 is 7.82 Å². The number of hydrogen-bond donors (Lipinski definition) is 0. The monoisotopic (exact) mass is 330 g/mol. The number of rotatable bonds is 7. The Bertz CT molecular complexity index is 515. The van der Waals surface area contributed by atoms with E-state index in [2.05, 4.69) is 0 Å². The minimum atomic E-state index is -3.78. The van der Waals surface area contributed by atoms with Gasteiger partial charge in [-0.15, -0.1) is 0 Å². The largest absolute Gasteiger partial charge is 0.530 e. The second-order valence-electron chi connectivity index (χ2n) is 6.72. The lowest BCUT2D eigenvalue weighted by Gasteiger charge is -2.29. The van der Waals surface area contributed by atoms with E-state index in [0.29, 0.717) is 12.0 Å². The Hall–Kier alpha value is -0.900. The molecule has 0 unspecified atom stereocenters. The van der Waals surface area contributed by atoms with E-state index in [1.165, 1.54) is 6.92 Å². The first-order valence-corrected chi connectivity index (χ1v) is 9.01. The molecule has 126 valence electrons. The van der Waals surface area contributed by atoms with Crippen LogP contribution in [-0.2, 0) is 22.9 Å². The Morgan fingerprint density at radius 1 is 1.18 bits per heavy atom. The third kappa shape index (κ3) is 5.71. The summed E-state index contributed by atoms with van der Waals surface area (Å²) >= 11 is 0. The minimum absolute atomic E-state index is 0.139. The molecule has 0 aliphatic heterocycles. The molecule has 0 radical (unpaired) electrons. The van der Waals surface area contributed by atoms with Crippen LogP contribution in [0.15, 0.2) is 23.5 Å². The van der Waals surface area contributed by atoms with Gasteiger partial charge in [0.25, 0.3) is 0 Å². The van der Waals surface area contributed by atoms with Crippen LogP contribution in [0, 0.1) is 5.41 Å². The third-order valence-electron chi connectivity index (χ3n) is 2.88. The lowest BCUT2D eigenvalue weighted by molar-refractivity contribution is -0.113. The molecule has 0 aromatic rings. The summed E-state index contributed by atoms with van der Waals surface area (Å²) in [6, 6.07) is 0. The summed E-state index contributed by atoms with van der Waals surface area (Å²) in [6.45, 7) is 12.5. The number of hydrogen-bond acceptors (Lipinski definition) is 5. The molecule has 0 atom stereocenters. The summed E-state index contributed by atoms with van der Waals surface area (Å²) in [5, 5.41) is 0. The predicted molar refractivity (Wildman–Crippen MR) is 86.4 cm³/mol. The first-order chi connectivity index (χ1) is 9.94.